The molecule has 4 heterocycles. The normalized spacial score (nSPS) is 24.9. The number of anilines is 1. The second kappa shape index (κ2) is 11.8. The van der Waals surface area contributed by atoms with Crippen LogP contribution in [0.25, 0.3) is 0 Å². The first kappa shape index (κ1) is 30.1. The van der Waals surface area contributed by atoms with Crippen molar-refractivity contribution < 1.29 is 32.3 Å². The van der Waals surface area contributed by atoms with Gasteiger partial charge in [0.25, 0.3) is 11.8 Å². The van der Waals surface area contributed by atoms with Crippen LogP contribution < -0.4 is 25.6 Å². The van der Waals surface area contributed by atoms with Gasteiger partial charge in [-0.1, -0.05) is 36.5 Å². The molecule has 44 heavy (non-hydrogen) atoms. The number of likely N-dealkylation sites (tertiary alicyclic amines) is 1. The van der Waals surface area contributed by atoms with E-state index in [1.165, 1.54) is 11.8 Å². The van der Waals surface area contributed by atoms with Gasteiger partial charge in [0, 0.05) is 36.4 Å². The van der Waals surface area contributed by atoms with Crippen molar-refractivity contribution in [3.05, 3.63) is 76.8 Å². The molecule has 3 unspecified atom stereocenters. The van der Waals surface area contributed by atoms with Crippen molar-refractivity contribution in [1.29, 1.82) is 0 Å². The van der Waals surface area contributed by atoms with E-state index in [4.69, 9.17) is 4.74 Å². The summed E-state index contributed by atoms with van der Waals surface area (Å²) in [5.41, 5.74) is 0.740. The third-order valence-corrected chi connectivity index (χ3v) is 9.75. The van der Waals surface area contributed by atoms with Gasteiger partial charge < -0.3 is 25.6 Å². The fourth-order valence-electron chi connectivity index (χ4n) is 6.33. The van der Waals surface area contributed by atoms with Crippen molar-refractivity contribution in [1.82, 2.24) is 20.9 Å². The highest BCUT2D eigenvalue weighted by Crippen LogP contribution is 2.48. The Kier molecular flexibility index (Phi) is 8.10. The molecule has 3 saturated heterocycles. The number of carbonyl (C=O) groups excluding carboxylic acids is 3. The van der Waals surface area contributed by atoms with Gasteiger partial charge in [-0.05, 0) is 68.6 Å². The monoisotopic (exact) mass is 627 g/mol. The van der Waals surface area contributed by atoms with Gasteiger partial charge in [-0.2, -0.15) is 13.2 Å². The quantitative estimate of drug-likeness (QED) is 0.398. The van der Waals surface area contributed by atoms with Crippen LogP contribution in [-0.2, 0) is 9.59 Å². The van der Waals surface area contributed by atoms with Crippen LogP contribution in [0, 0.1) is 12.8 Å². The van der Waals surface area contributed by atoms with E-state index in [9.17, 15) is 27.6 Å². The van der Waals surface area contributed by atoms with Crippen molar-refractivity contribution in [2.75, 3.05) is 24.5 Å². The van der Waals surface area contributed by atoms with E-state index in [-0.39, 0.29) is 36.5 Å². The number of para-hydroxylation sites is 1. The maximum Gasteiger partial charge on any atom is 0.421 e. The number of halogens is 3. The molecule has 232 valence electrons. The summed E-state index contributed by atoms with van der Waals surface area (Å²) in [6.45, 7) is 5.60. The predicted octanol–water partition coefficient (Wildman–Crippen LogP) is 4.81. The first-order valence-electron chi connectivity index (χ1n) is 14.5. The SMILES string of the molecule is C=C(C(=O)N1CCC[C@@H](NC(=O)C2=C3NC(=O)N(c4ccc(Oc5ccccc5)cc4C)C4CCNC(S2)C34)C1)C(F)(F)F. The van der Waals surface area contributed by atoms with Crippen molar-refractivity contribution in [3.63, 3.8) is 0 Å². The number of urea groups is 1. The summed E-state index contributed by atoms with van der Waals surface area (Å²) < 4.78 is 45.1. The molecule has 0 saturated carbocycles. The minimum atomic E-state index is -4.82. The number of piperidine rings is 2. The summed E-state index contributed by atoms with van der Waals surface area (Å²) in [6, 6.07) is 14.0. The molecule has 6 rings (SSSR count). The second-order valence-corrected chi connectivity index (χ2v) is 12.5. The Hall–Kier alpha value is -3.97. The number of alkyl halides is 3. The smallest absolute Gasteiger partial charge is 0.421 e. The molecule has 4 aliphatic rings. The van der Waals surface area contributed by atoms with Crippen LogP contribution in [0.2, 0.25) is 0 Å². The van der Waals surface area contributed by atoms with E-state index < -0.39 is 29.6 Å². The number of amides is 4. The molecule has 0 bridgehead atoms. The van der Waals surface area contributed by atoms with Crippen molar-refractivity contribution in [2.24, 2.45) is 5.92 Å². The predicted molar refractivity (Wildman–Crippen MR) is 160 cm³/mol. The first-order chi connectivity index (χ1) is 21.0. The summed E-state index contributed by atoms with van der Waals surface area (Å²) >= 11 is 1.34. The number of thioether (sulfide) groups is 1. The van der Waals surface area contributed by atoms with Gasteiger partial charge in [0.1, 0.15) is 17.1 Å². The number of hydrogen-bond acceptors (Lipinski definition) is 6. The number of benzene rings is 2. The van der Waals surface area contributed by atoms with Gasteiger partial charge in [0.2, 0.25) is 0 Å². The molecule has 2 aromatic carbocycles. The number of nitrogens with zero attached hydrogens (tertiary/aromatic N) is 2. The first-order valence-corrected chi connectivity index (χ1v) is 15.3. The Bertz CT molecular complexity index is 1530. The van der Waals surface area contributed by atoms with Crippen molar-refractivity contribution >= 4 is 35.3 Å². The minimum absolute atomic E-state index is 0.0515. The Morgan fingerprint density at radius 3 is 2.61 bits per heavy atom. The lowest BCUT2D eigenvalue weighted by Crippen LogP contribution is -2.62. The van der Waals surface area contributed by atoms with Crippen LogP contribution in [-0.4, -0.2) is 66.0 Å². The average Bonchev–Trinajstić information content (AvgIpc) is 3.37. The molecule has 13 heteroatoms. The number of aryl methyl sites for hydroxylation is 1. The molecular formula is C31H32F3N5O4S. The fraction of sp³-hybridized carbons (Fsp3) is 0.387. The zero-order valence-electron chi connectivity index (χ0n) is 23.9. The minimum Gasteiger partial charge on any atom is -0.457 e. The summed E-state index contributed by atoms with van der Waals surface area (Å²) in [7, 11) is 0. The lowest BCUT2D eigenvalue weighted by molar-refractivity contribution is -0.141. The van der Waals surface area contributed by atoms with E-state index in [1.54, 1.807) is 4.90 Å². The molecule has 4 aliphatic heterocycles. The van der Waals surface area contributed by atoms with Gasteiger partial charge in [0.15, 0.2) is 0 Å². The third-order valence-electron chi connectivity index (χ3n) is 8.40. The van der Waals surface area contributed by atoms with E-state index in [2.05, 4.69) is 22.5 Å². The van der Waals surface area contributed by atoms with Gasteiger partial charge in [-0.15, -0.1) is 0 Å². The van der Waals surface area contributed by atoms with Gasteiger partial charge in [-0.3, -0.25) is 14.5 Å². The molecule has 4 amide bonds. The second-order valence-electron chi connectivity index (χ2n) is 11.3. The van der Waals surface area contributed by atoms with Crippen LogP contribution in [0.15, 0.2) is 71.3 Å². The zero-order valence-corrected chi connectivity index (χ0v) is 24.8. The Balaban J connectivity index is 1.18. The van der Waals surface area contributed by atoms with Crippen LogP contribution in [0.1, 0.15) is 24.8 Å². The maximum atomic E-state index is 13.6. The summed E-state index contributed by atoms with van der Waals surface area (Å²) in [5, 5.41) is 9.19. The number of hydrogen-bond donors (Lipinski definition) is 3. The van der Waals surface area contributed by atoms with E-state index in [1.807, 2.05) is 55.5 Å². The average molecular weight is 628 g/mol. The van der Waals surface area contributed by atoms with Gasteiger partial charge in [-0.25, -0.2) is 4.79 Å². The third kappa shape index (κ3) is 5.77. The van der Waals surface area contributed by atoms with E-state index in [0.29, 0.717) is 47.9 Å². The van der Waals surface area contributed by atoms with Crippen LogP contribution in [0.5, 0.6) is 11.5 Å². The number of carbonyl (C=O) groups is 3. The highest BCUT2D eigenvalue weighted by atomic mass is 32.2. The molecule has 4 atom stereocenters. The van der Waals surface area contributed by atoms with Gasteiger partial charge in [0.05, 0.1) is 16.3 Å². The summed E-state index contributed by atoms with van der Waals surface area (Å²) in [5.74, 6) is -0.409. The van der Waals surface area contributed by atoms with Crippen molar-refractivity contribution in [3.8, 4) is 11.5 Å². The highest BCUT2D eigenvalue weighted by Gasteiger charge is 2.52. The number of rotatable bonds is 6. The molecule has 2 aromatic rings. The Morgan fingerprint density at radius 1 is 1.11 bits per heavy atom. The van der Waals surface area contributed by atoms with Crippen LogP contribution >= 0.6 is 11.8 Å². The van der Waals surface area contributed by atoms with Crippen molar-refractivity contribution in [2.45, 2.75) is 49.8 Å². The standard InChI is InChI=1S/C31H32F3N5O4S/c1-17-15-21(43-20-8-4-3-5-9-20)10-11-22(17)39-23-12-13-35-28-24(23)25(37-30(39)42)26(44-28)27(40)36-19-7-6-14-38(16-19)29(41)18(2)31(32,33)34/h3-5,8-11,15,19,23-24,28,35H,2,6-7,12-14,16H2,1H3,(H,36,40)(H,37,42)/t19-,23?,24?,28?/m1/s1. The number of nitrogens with one attached hydrogen (secondary N) is 3. The lowest BCUT2D eigenvalue weighted by atomic mass is 9.86. The number of ether oxygens (including phenoxy) is 1. The molecule has 0 aromatic heterocycles. The molecule has 3 fully saturated rings. The van der Waals surface area contributed by atoms with Crippen LogP contribution in [0.3, 0.4) is 0 Å². The van der Waals surface area contributed by atoms with E-state index in [0.717, 1.165) is 16.2 Å². The molecule has 0 spiro atoms. The maximum absolute atomic E-state index is 13.6. The van der Waals surface area contributed by atoms with Crippen LogP contribution in [0.4, 0.5) is 23.7 Å². The van der Waals surface area contributed by atoms with Gasteiger partial charge >= 0.3 is 12.2 Å². The summed E-state index contributed by atoms with van der Waals surface area (Å²) in [6.07, 6.45) is -3.18. The molecule has 9 nitrogen and oxygen atoms in total. The Labute approximate surface area is 256 Å². The molecule has 0 radical (unpaired) electrons. The molecular weight excluding hydrogens is 595 g/mol. The Morgan fingerprint density at radius 2 is 1.89 bits per heavy atom. The fourth-order valence-corrected chi connectivity index (χ4v) is 7.73. The largest absolute Gasteiger partial charge is 0.457 e. The topological polar surface area (TPSA) is 103 Å². The van der Waals surface area contributed by atoms with E-state index >= 15 is 0 Å². The lowest BCUT2D eigenvalue weighted by Gasteiger charge is -2.46. The molecule has 0 aliphatic carbocycles. The highest BCUT2D eigenvalue weighted by molar-refractivity contribution is 8.04. The zero-order chi connectivity index (χ0) is 31.2. The molecule has 3 N–H and O–H groups in total. The summed E-state index contributed by atoms with van der Waals surface area (Å²) in [4.78, 5) is 42.8.